The molecule has 21 heavy (non-hydrogen) atoms. The molecule has 1 aliphatic rings. The molecule has 1 aliphatic heterocycles. The molecule has 2 nitrogen and oxygen atoms in total. The molecule has 0 saturated heterocycles. The van der Waals surface area contributed by atoms with Crippen molar-refractivity contribution in [1.29, 1.82) is 5.26 Å². The van der Waals surface area contributed by atoms with Crippen molar-refractivity contribution < 1.29 is 0 Å². The van der Waals surface area contributed by atoms with E-state index in [9.17, 15) is 5.26 Å². The minimum Gasteiger partial charge on any atom is -0.320 e. The van der Waals surface area contributed by atoms with Crippen LogP contribution in [0.25, 0.3) is 5.57 Å². The Bertz CT molecular complexity index is 679. The third kappa shape index (κ3) is 3.32. The lowest BCUT2D eigenvalue weighted by atomic mass is 10.0. The van der Waals surface area contributed by atoms with Crippen LogP contribution in [0.2, 0.25) is 0 Å². The molecule has 0 amide bonds. The fourth-order valence-corrected chi connectivity index (χ4v) is 2.33. The van der Waals surface area contributed by atoms with Crippen LogP contribution >= 0.6 is 0 Å². The molecule has 0 saturated carbocycles. The first kappa shape index (κ1) is 14.9. The standard InChI is InChI=1S/C19H20N2/c1-14-6-9-18(10-7-14)17(4)19(11-12-20)21-13-15(2)5-8-16(21)3/h5-10,13H,3,11H2,1-2,4H3/b19-17+. The monoisotopic (exact) mass is 276 g/mol. The molecule has 0 radical (unpaired) electrons. The molecule has 0 spiro atoms. The number of hydrogen-bond acceptors (Lipinski definition) is 2. The molecule has 1 aromatic rings. The molecular formula is C19H20N2. The van der Waals surface area contributed by atoms with Gasteiger partial charge in [0.25, 0.3) is 0 Å². The lowest BCUT2D eigenvalue weighted by Gasteiger charge is -2.28. The summed E-state index contributed by atoms with van der Waals surface area (Å²) in [5.74, 6) is 0. The maximum absolute atomic E-state index is 9.18. The summed E-state index contributed by atoms with van der Waals surface area (Å²) in [6.07, 6.45) is 6.40. The highest BCUT2D eigenvalue weighted by Crippen LogP contribution is 2.29. The second-order valence-electron chi connectivity index (χ2n) is 5.34. The van der Waals surface area contributed by atoms with Gasteiger partial charge in [-0.1, -0.05) is 42.5 Å². The second kappa shape index (κ2) is 6.28. The van der Waals surface area contributed by atoms with E-state index in [4.69, 9.17) is 0 Å². The molecule has 0 unspecified atom stereocenters. The lowest BCUT2D eigenvalue weighted by molar-refractivity contribution is 0.575. The molecule has 0 aromatic heterocycles. The van der Waals surface area contributed by atoms with E-state index >= 15 is 0 Å². The van der Waals surface area contributed by atoms with Gasteiger partial charge in [-0.25, -0.2) is 0 Å². The van der Waals surface area contributed by atoms with Crippen molar-refractivity contribution in [3.8, 4) is 6.07 Å². The summed E-state index contributed by atoms with van der Waals surface area (Å²) < 4.78 is 0. The van der Waals surface area contributed by atoms with Crippen LogP contribution in [0.1, 0.15) is 31.4 Å². The number of hydrogen-bond donors (Lipinski definition) is 0. The van der Waals surface area contributed by atoms with Crippen molar-refractivity contribution in [2.24, 2.45) is 0 Å². The Hall–Kier alpha value is -2.53. The van der Waals surface area contributed by atoms with E-state index in [-0.39, 0.29) is 0 Å². The number of nitrogens with zero attached hydrogens (tertiary/aromatic N) is 2. The van der Waals surface area contributed by atoms with Crippen molar-refractivity contribution in [2.75, 3.05) is 0 Å². The van der Waals surface area contributed by atoms with Crippen LogP contribution in [0.3, 0.4) is 0 Å². The normalized spacial score (nSPS) is 15.4. The maximum Gasteiger partial charge on any atom is 0.0761 e. The van der Waals surface area contributed by atoms with E-state index in [2.05, 4.69) is 50.8 Å². The van der Waals surface area contributed by atoms with Crippen molar-refractivity contribution in [3.05, 3.63) is 77.3 Å². The molecule has 1 heterocycles. The molecule has 2 rings (SSSR count). The van der Waals surface area contributed by atoms with Gasteiger partial charge in [0, 0.05) is 17.6 Å². The summed E-state index contributed by atoms with van der Waals surface area (Å²) in [7, 11) is 0. The smallest absolute Gasteiger partial charge is 0.0761 e. The maximum atomic E-state index is 9.18. The summed E-state index contributed by atoms with van der Waals surface area (Å²) in [5, 5.41) is 9.18. The summed E-state index contributed by atoms with van der Waals surface area (Å²) in [6.45, 7) is 10.3. The highest BCUT2D eigenvalue weighted by Gasteiger charge is 2.15. The predicted molar refractivity (Wildman–Crippen MR) is 87.9 cm³/mol. The van der Waals surface area contributed by atoms with E-state index in [1.54, 1.807) is 0 Å². The van der Waals surface area contributed by atoms with Crippen molar-refractivity contribution in [1.82, 2.24) is 4.90 Å². The van der Waals surface area contributed by atoms with Crippen LogP contribution in [-0.4, -0.2) is 4.90 Å². The largest absolute Gasteiger partial charge is 0.320 e. The molecular weight excluding hydrogens is 256 g/mol. The molecule has 0 aliphatic carbocycles. The highest BCUT2D eigenvalue weighted by atomic mass is 15.1. The zero-order valence-corrected chi connectivity index (χ0v) is 12.9. The van der Waals surface area contributed by atoms with Gasteiger partial charge >= 0.3 is 0 Å². The van der Waals surface area contributed by atoms with Gasteiger partial charge in [-0.15, -0.1) is 0 Å². The van der Waals surface area contributed by atoms with Crippen molar-refractivity contribution in [2.45, 2.75) is 27.2 Å². The number of rotatable bonds is 3. The van der Waals surface area contributed by atoms with Crippen LogP contribution in [0.4, 0.5) is 0 Å². The van der Waals surface area contributed by atoms with E-state index in [1.165, 1.54) is 5.56 Å². The van der Waals surface area contributed by atoms with Gasteiger partial charge in [0.1, 0.15) is 0 Å². The molecule has 0 bridgehead atoms. The average Bonchev–Trinajstić information content (AvgIpc) is 2.48. The quantitative estimate of drug-likeness (QED) is 0.782. The fraction of sp³-hybridized carbons (Fsp3) is 0.211. The molecule has 106 valence electrons. The van der Waals surface area contributed by atoms with Crippen LogP contribution in [-0.2, 0) is 0 Å². The van der Waals surface area contributed by atoms with Gasteiger partial charge in [0.05, 0.1) is 12.5 Å². The van der Waals surface area contributed by atoms with Gasteiger partial charge in [-0.05, 0) is 43.6 Å². The summed E-state index contributed by atoms with van der Waals surface area (Å²) in [6, 6.07) is 10.6. The summed E-state index contributed by atoms with van der Waals surface area (Å²) in [4.78, 5) is 2.02. The first-order valence-corrected chi connectivity index (χ1v) is 7.01. The number of nitriles is 1. The van der Waals surface area contributed by atoms with Crippen LogP contribution in [0.5, 0.6) is 0 Å². The number of aryl methyl sites for hydroxylation is 1. The Kier molecular flexibility index (Phi) is 4.45. The highest BCUT2D eigenvalue weighted by molar-refractivity contribution is 5.68. The fourth-order valence-electron chi connectivity index (χ4n) is 2.33. The minimum absolute atomic E-state index is 0.357. The van der Waals surface area contributed by atoms with Gasteiger partial charge in [0.15, 0.2) is 0 Å². The van der Waals surface area contributed by atoms with Crippen molar-refractivity contribution in [3.63, 3.8) is 0 Å². The first-order chi connectivity index (χ1) is 10.0. The van der Waals surface area contributed by atoms with E-state index in [0.717, 1.165) is 28.1 Å². The first-order valence-electron chi connectivity index (χ1n) is 7.01. The van der Waals surface area contributed by atoms with E-state index in [1.807, 2.05) is 30.2 Å². The Morgan fingerprint density at radius 3 is 2.48 bits per heavy atom. The number of benzene rings is 1. The zero-order chi connectivity index (χ0) is 15.4. The predicted octanol–water partition coefficient (Wildman–Crippen LogP) is 4.93. The van der Waals surface area contributed by atoms with Gasteiger partial charge in [-0.2, -0.15) is 5.26 Å². The molecule has 1 aromatic carbocycles. The molecule has 0 fully saturated rings. The Morgan fingerprint density at radius 1 is 1.19 bits per heavy atom. The number of allylic oxidation sites excluding steroid dienone is 5. The molecule has 0 atom stereocenters. The van der Waals surface area contributed by atoms with E-state index < -0.39 is 0 Å². The average molecular weight is 276 g/mol. The Labute approximate surface area is 127 Å². The van der Waals surface area contributed by atoms with E-state index in [0.29, 0.717) is 6.42 Å². The molecule has 2 heteroatoms. The second-order valence-corrected chi connectivity index (χ2v) is 5.34. The van der Waals surface area contributed by atoms with Crippen molar-refractivity contribution >= 4 is 5.57 Å². The lowest BCUT2D eigenvalue weighted by Crippen LogP contribution is -2.18. The van der Waals surface area contributed by atoms with Gasteiger partial charge in [-0.3, -0.25) is 0 Å². The Morgan fingerprint density at radius 2 is 1.86 bits per heavy atom. The zero-order valence-electron chi connectivity index (χ0n) is 12.9. The third-order valence-electron chi connectivity index (χ3n) is 3.64. The topological polar surface area (TPSA) is 27.0 Å². The molecule has 0 N–H and O–H groups in total. The SMILES string of the molecule is C=C1C=CC(C)=CN1/C(CC#N)=C(\C)c1ccc(C)cc1. The van der Waals surface area contributed by atoms with Gasteiger partial charge < -0.3 is 4.90 Å². The minimum atomic E-state index is 0.357. The summed E-state index contributed by atoms with van der Waals surface area (Å²) >= 11 is 0. The van der Waals surface area contributed by atoms with Crippen LogP contribution in [0.15, 0.2) is 66.2 Å². The Balaban J connectivity index is 2.49. The third-order valence-corrected chi connectivity index (χ3v) is 3.64. The van der Waals surface area contributed by atoms with Crippen LogP contribution < -0.4 is 0 Å². The summed E-state index contributed by atoms with van der Waals surface area (Å²) in [5.41, 5.74) is 6.49. The van der Waals surface area contributed by atoms with Gasteiger partial charge in [0.2, 0.25) is 0 Å². The van der Waals surface area contributed by atoms with Crippen LogP contribution in [0, 0.1) is 18.3 Å².